The van der Waals surface area contributed by atoms with Crippen molar-refractivity contribution in [2.45, 2.75) is 0 Å². The Bertz CT molecular complexity index is 1520. The Morgan fingerprint density at radius 1 is 0.775 bits per heavy atom. The number of hydrogen-bond acceptors (Lipinski definition) is 9. The highest BCUT2D eigenvalue weighted by Gasteiger charge is 2.19. The van der Waals surface area contributed by atoms with E-state index in [0.29, 0.717) is 28.6 Å². The fourth-order valence-corrected chi connectivity index (χ4v) is 3.98. The molecule has 4 aromatic carbocycles. The van der Waals surface area contributed by atoms with Crippen molar-refractivity contribution in [2.75, 3.05) is 40.3 Å². The van der Waals surface area contributed by atoms with Crippen LogP contribution in [0.5, 0.6) is 28.7 Å². The molecule has 0 spiro atoms. The van der Waals surface area contributed by atoms with Gasteiger partial charge in [0.15, 0.2) is 23.0 Å². The van der Waals surface area contributed by atoms with Crippen LogP contribution in [0.15, 0.2) is 77.9 Å². The number of hydrazone groups is 1. The molecule has 0 aliphatic heterocycles. The van der Waals surface area contributed by atoms with Crippen molar-refractivity contribution in [3.8, 4) is 28.7 Å². The molecule has 4 aromatic rings. The van der Waals surface area contributed by atoms with Gasteiger partial charge in [-0.2, -0.15) is 5.10 Å². The Labute approximate surface area is 231 Å². The molecule has 0 heterocycles. The molecule has 206 valence electrons. The monoisotopic (exact) mass is 543 g/mol. The molecule has 0 aliphatic rings. The highest BCUT2D eigenvalue weighted by Crippen LogP contribution is 2.39. The normalized spacial score (nSPS) is 10.7. The highest BCUT2D eigenvalue weighted by molar-refractivity contribution is 5.95. The summed E-state index contributed by atoms with van der Waals surface area (Å²) in [6.45, 7) is 0.0461. The van der Waals surface area contributed by atoms with Crippen LogP contribution in [0, 0.1) is 0 Å². The summed E-state index contributed by atoms with van der Waals surface area (Å²) in [6.07, 6.45) is 1.46. The summed E-state index contributed by atoms with van der Waals surface area (Å²) in [5, 5.41) is 9.26. The van der Waals surface area contributed by atoms with Crippen LogP contribution in [0.25, 0.3) is 10.8 Å². The molecule has 0 bridgehead atoms. The summed E-state index contributed by atoms with van der Waals surface area (Å²) in [5.41, 5.74) is 4.17. The fraction of sp³-hybridized carbons (Fsp3) is 0.167. The van der Waals surface area contributed by atoms with Crippen LogP contribution in [0.4, 0.5) is 5.69 Å². The standard InChI is InChI=1S/C30H29N3O7/c1-36-25-14-19(17-32-33-28(34)18-31-23-11-7-9-20-8-5-6-10-22(20)23)12-13-24(25)40-30(35)21-15-26(37-2)29(39-4)27(16-21)38-3/h5-17,31H,18H2,1-4H3,(H,33,34)/b32-17-. The zero-order valence-corrected chi connectivity index (χ0v) is 22.5. The molecule has 0 saturated carbocycles. The number of fused-ring (bicyclic) bond motifs is 1. The first-order valence-corrected chi connectivity index (χ1v) is 12.2. The molecule has 1 amide bonds. The minimum Gasteiger partial charge on any atom is -0.493 e. The van der Waals surface area contributed by atoms with Crippen LogP contribution >= 0.6 is 0 Å². The largest absolute Gasteiger partial charge is 0.493 e. The first-order valence-electron chi connectivity index (χ1n) is 12.2. The van der Waals surface area contributed by atoms with Gasteiger partial charge in [0.25, 0.3) is 5.91 Å². The molecule has 40 heavy (non-hydrogen) atoms. The maximum absolute atomic E-state index is 12.9. The third-order valence-corrected chi connectivity index (χ3v) is 5.92. The average molecular weight is 544 g/mol. The number of methoxy groups -OCH3 is 4. The van der Waals surface area contributed by atoms with Crippen molar-refractivity contribution < 1.29 is 33.3 Å². The molecule has 10 heteroatoms. The van der Waals surface area contributed by atoms with Gasteiger partial charge in [0.2, 0.25) is 5.75 Å². The topological polar surface area (TPSA) is 117 Å². The number of carbonyl (C=O) groups is 2. The van der Waals surface area contributed by atoms with Gasteiger partial charge in [0.1, 0.15) is 0 Å². The molecule has 0 radical (unpaired) electrons. The van der Waals surface area contributed by atoms with Gasteiger partial charge in [-0.05, 0) is 47.3 Å². The van der Waals surface area contributed by atoms with Gasteiger partial charge in [0.05, 0.1) is 46.8 Å². The number of hydrogen-bond donors (Lipinski definition) is 2. The van der Waals surface area contributed by atoms with Gasteiger partial charge < -0.3 is 29.0 Å². The molecule has 2 N–H and O–H groups in total. The fourth-order valence-electron chi connectivity index (χ4n) is 3.98. The molecule has 4 rings (SSSR count). The number of benzene rings is 4. The Morgan fingerprint density at radius 3 is 2.17 bits per heavy atom. The second kappa shape index (κ2) is 13.0. The predicted octanol–water partition coefficient (Wildman–Crippen LogP) is 4.66. The van der Waals surface area contributed by atoms with Gasteiger partial charge in [-0.3, -0.25) is 4.79 Å². The summed E-state index contributed by atoms with van der Waals surface area (Å²) in [5.74, 6) is 0.537. The number of rotatable bonds is 11. The van der Waals surface area contributed by atoms with E-state index < -0.39 is 5.97 Å². The first-order chi connectivity index (χ1) is 19.5. The number of nitrogens with one attached hydrogen (secondary N) is 2. The van der Waals surface area contributed by atoms with Crippen LogP contribution < -0.4 is 34.4 Å². The maximum Gasteiger partial charge on any atom is 0.343 e. The van der Waals surface area contributed by atoms with Crippen LogP contribution in [0.3, 0.4) is 0 Å². The molecule has 0 saturated heterocycles. The van der Waals surface area contributed by atoms with Crippen molar-refractivity contribution in [1.29, 1.82) is 0 Å². The van der Waals surface area contributed by atoms with Crippen molar-refractivity contribution >= 4 is 34.6 Å². The number of ether oxygens (including phenoxy) is 5. The molecular formula is C30H29N3O7. The van der Waals surface area contributed by atoms with E-state index in [0.717, 1.165) is 16.5 Å². The molecule has 0 unspecified atom stereocenters. The van der Waals surface area contributed by atoms with E-state index in [1.807, 2.05) is 42.5 Å². The lowest BCUT2D eigenvalue weighted by Gasteiger charge is -2.14. The van der Waals surface area contributed by atoms with E-state index in [9.17, 15) is 9.59 Å². The Hall–Kier alpha value is -5.25. The summed E-state index contributed by atoms with van der Waals surface area (Å²) in [7, 11) is 5.84. The summed E-state index contributed by atoms with van der Waals surface area (Å²) in [6, 6.07) is 21.6. The summed E-state index contributed by atoms with van der Waals surface area (Å²) < 4.78 is 26.9. The molecule has 10 nitrogen and oxygen atoms in total. The lowest BCUT2D eigenvalue weighted by atomic mass is 10.1. The van der Waals surface area contributed by atoms with Gasteiger partial charge in [-0.1, -0.05) is 36.4 Å². The van der Waals surface area contributed by atoms with Gasteiger partial charge in [-0.25, -0.2) is 10.2 Å². The smallest absolute Gasteiger partial charge is 0.343 e. The van der Waals surface area contributed by atoms with Crippen LogP contribution in [-0.4, -0.2) is 53.1 Å². The van der Waals surface area contributed by atoms with E-state index in [-0.39, 0.29) is 23.8 Å². The maximum atomic E-state index is 12.9. The van der Waals surface area contributed by atoms with Crippen molar-refractivity contribution in [1.82, 2.24) is 5.43 Å². The number of nitrogens with zero attached hydrogens (tertiary/aromatic N) is 1. The third-order valence-electron chi connectivity index (χ3n) is 5.92. The Kier molecular flexibility index (Phi) is 9.03. The Balaban J connectivity index is 1.38. The first kappa shape index (κ1) is 27.8. The van der Waals surface area contributed by atoms with Crippen LogP contribution in [0.1, 0.15) is 15.9 Å². The lowest BCUT2D eigenvalue weighted by Crippen LogP contribution is -2.25. The van der Waals surface area contributed by atoms with Crippen molar-refractivity contribution in [3.63, 3.8) is 0 Å². The van der Waals surface area contributed by atoms with Gasteiger partial charge in [-0.15, -0.1) is 0 Å². The number of amides is 1. The quantitative estimate of drug-likeness (QED) is 0.122. The van der Waals surface area contributed by atoms with Crippen LogP contribution in [-0.2, 0) is 4.79 Å². The minimum atomic E-state index is -0.648. The second-order valence-electron chi connectivity index (χ2n) is 8.39. The molecule has 0 fully saturated rings. The van der Waals surface area contributed by atoms with Crippen molar-refractivity contribution in [3.05, 3.63) is 83.9 Å². The van der Waals surface area contributed by atoms with E-state index in [4.69, 9.17) is 23.7 Å². The minimum absolute atomic E-state index is 0.0461. The Morgan fingerprint density at radius 2 is 1.48 bits per heavy atom. The van der Waals surface area contributed by atoms with E-state index in [2.05, 4.69) is 15.8 Å². The summed E-state index contributed by atoms with van der Waals surface area (Å²) in [4.78, 5) is 25.2. The van der Waals surface area contributed by atoms with Crippen molar-refractivity contribution in [2.24, 2.45) is 5.10 Å². The van der Waals surface area contributed by atoms with E-state index in [1.165, 1.54) is 46.8 Å². The lowest BCUT2D eigenvalue weighted by molar-refractivity contribution is -0.119. The number of anilines is 1. The average Bonchev–Trinajstić information content (AvgIpc) is 2.99. The van der Waals surface area contributed by atoms with Gasteiger partial charge in [0, 0.05) is 11.1 Å². The SMILES string of the molecule is COc1cc(/C=N\NC(=O)CNc2cccc3ccccc23)ccc1OC(=O)c1cc(OC)c(OC)c(OC)c1. The predicted molar refractivity (Wildman–Crippen MR) is 152 cm³/mol. The third kappa shape index (κ3) is 6.41. The van der Waals surface area contributed by atoms with Crippen LogP contribution in [0.2, 0.25) is 0 Å². The molecule has 0 aliphatic carbocycles. The van der Waals surface area contributed by atoms with E-state index >= 15 is 0 Å². The number of carbonyl (C=O) groups excluding carboxylic acids is 2. The zero-order valence-electron chi connectivity index (χ0n) is 22.5. The molecule has 0 aromatic heterocycles. The molecular weight excluding hydrogens is 514 g/mol. The second-order valence-corrected chi connectivity index (χ2v) is 8.39. The highest BCUT2D eigenvalue weighted by atomic mass is 16.6. The molecule has 0 atom stereocenters. The van der Waals surface area contributed by atoms with E-state index in [1.54, 1.807) is 18.2 Å². The van der Waals surface area contributed by atoms with Gasteiger partial charge >= 0.3 is 5.97 Å². The summed E-state index contributed by atoms with van der Waals surface area (Å²) >= 11 is 0. The number of esters is 1. The zero-order chi connectivity index (χ0) is 28.5.